The quantitative estimate of drug-likeness (QED) is 0.811. The number of esters is 1. The van der Waals surface area contributed by atoms with Gasteiger partial charge in [-0.2, -0.15) is 0 Å². The summed E-state index contributed by atoms with van der Waals surface area (Å²) >= 11 is 0. The largest absolute Gasteiger partial charge is 0.465 e. The van der Waals surface area contributed by atoms with Crippen molar-refractivity contribution in [2.24, 2.45) is 0 Å². The molecular weight excluding hydrogens is 266 g/mol. The molecule has 1 aromatic carbocycles. The number of carbonyl (C=O) groups excluding carboxylic acids is 1. The van der Waals surface area contributed by atoms with Crippen LogP contribution in [0, 0.1) is 0 Å². The Morgan fingerprint density at radius 1 is 1.42 bits per heavy atom. The van der Waals surface area contributed by atoms with Gasteiger partial charge in [-0.05, 0) is 31.5 Å². The summed E-state index contributed by atoms with van der Waals surface area (Å²) in [6.07, 6.45) is 1.65. The Bertz CT molecular complexity index is 539. The van der Waals surface area contributed by atoms with Crippen LogP contribution in [0.2, 0.25) is 0 Å². The molecule has 1 atom stereocenters. The maximum Gasteiger partial charge on any atom is 0.337 e. The third-order valence-corrected chi connectivity index (χ3v) is 4.23. The van der Waals surface area contributed by atoms with Gasteiger partial charge in [0.25, 0.3) is 0 Å². The number of sulfonamides is 1. The molecule has 0 aliphatic rings. The van der Waals surface area contributed by atoms with Crippen molar-refractivity contribution in [3.05, 3.63) is 29.8 Å². The lowest BCUT2D eigenvalue weighted by molar-refractivity contribution is 0.0600. The highest BCUT2D eigenvalue weighted by atomic mass is 32.2. The molecule has 0 saturated carbocycles. The maximum absolute atomic E-state index is 12.1. The molecule has 1 N–H and O–H groups in total. The molecule has 0 fully saturated rings. The zero-order valence-electron chi connectivity index (χ0n) is 11.3. The molecule has 1 rings (SSSR count). The zero-order valence-corrected chi connectivity index (χ0v) is 12.2. The van der Waals surface area contributed by atoms with Crippen LogP contribution in [-0.2, 0) is 14.8 Å². The number of carbonyl (C=O) groups is 1. The average Bonchev–Trinajstić information content (AvgIpc) is 2.37. The molecule has 106 valence electrons. The highest BCUT2D eigenvalue weighted by molar-refractivity contribution is 7.89. The van der Waals surface area contributed by atoms with Crippen LogP contribution < -0.4 is 4.72 Å². The maximum atomic E-state index is 12.1. The van der Waals surface area contributed by atoms with Gasteiger partial charge in [0.1, 0.15) is 0 Å². The van der Waals surface area contributed by atoms with Gasteiger partial charge in [0.05, 0.1) is 17.6 Å². The van der Waals surface area contributed by atoms with E-state index in [1.807, 2.05) is 13.8 Å². The van der Waals surface area contributed by atoms with Gasteiger partial charge in [0, 0.05) is 6.04 Å². The summed E-state index contributed by atoms with van der Waals surface area (Å²) in [5.41, 5.74) is 0.216. The fraction of sp³-hybridized carbons (Fsp3) is 0.462. The minimum absolute atomic E-state index is 0.0679. The number of ether oxygens (including phenoxy) is 1. The van der Waals surface area contributed by atoms with Crippen molar-refractivity contribution in [2.45, 2.75) is 37.6 Å². The van der Waals surface area contributed by atoms with Gasteiger partial charge in [-0.15, -0.1) is 0 Å². The molecule has 0 aliphatic carbocycles. The number of rotatable bonds is 6. The lowest BCUT2D eigenvalue weighted by Crippen LogP contribution is -2.32. The predicted molar refractivity (Wildman–Crippen MR) is 72.5 cm³/mol. The molecule has 0 radical (unpaired) electrons. The molecule has 1 aromatic rings. The van der Waals surface area contributed by atoms with E-state index in [-0.39, 0.29) is 16.5 Å². The first-order chi connectivity index (χ1) is 8.90. The standard InChI is InChI=1S/C13H19NO4S/c1-4-6-10(2)14-19(16,17)12-8-5-7-11(9-12)13(15)18-3/h5,7-10,14H,4,6H2,1-3H3/t10-/m1/s1. The minimum Gasteiger partial charge on any atom is -0.465 e. The zero-order chi connectivity index (χ0) is 14.5. The number of hydrogen-bond donors (Lipinski definition) is 1. The van der Waals surface area contributed by atoms with E-state index in [1.54, 1.807) is 0 Å². The Hall–Kier alpha value is -1.40. The number of hydrogen-bond acceptors (Lipinski definition) is 4. The van der Waals surface area contributed by atoms with Gasteiger partial charge in [-0.1, -0.05) is 19.4 Å². The van der Waals surface area contributed by atoms with Crippen molar-refractivity contribution in [1.82, 2.24) is 4.72 Å². The second-order valence-corrected chi connectivity index (χ2v) is 6.04. The molecule has 0 unspecified atom stereocenters. The van der Waals surface area contributed by atoms with E-state index in [9.17, 15) is 13.2 Å². The third-order valence-electron chi connectivity index (χ3n) is 2.64. The van der Waals surface area contributed by atoms with Gasteiger partial charge < -0.3 is 4.74 Å². The van der Waals surface area contributed by atoms with Gasteiger partial charge in [-0.3, -0.25) is 0 Å². The normalized spacial score (nSPS) is 13.0. The lowest BCUT2D eigenvalue weighted by atomic mass is 10.2. The Morgan fingerprint density at radius 3 is 2.68 bits per heavy atom. The van der Waals surface area contributed by atoms with Gasteiger partial charge in [0.15, 0.2) is 0 Å². The Balaban J connectivity index is 2.98. The monoisotopic (exact) mass is 285 g/mol. The SMILES string of the molecule is CCC[C@@H](C)NS(=O)(=O)c1cccc(C(=O)OC)c1. The molecule has 0 spiro atoms. The molecular formula is C13H19NO4S. The second-order valence-electron chi connectivity index (χ2n) is 4.33. The van der Waals surface area contributed by atoms with Crippen molar-refractivity contribution in [3.63, 3.8) is 0 Å². The summed E-state index contributed by atoms with van der Waals surface area (Å²) in [6.45, 7) is 3.80. The molecule has 5 nitrogen and oxygen atoms in total. The third kappa shape index (κ3) is 4.33. The molecule has 0 saturated heterocycles. The van der Waals surface area contributed by atoms with E-state index in [4.69, 9.17) is 0 Å². The summed E-state index contributed by atoms with van der Waals surface area (Å²) in [6, 6.07) is 5.66. The van der Waals surface area contributed by atoms with E-state index in [2.05, 4.69) is 9.46 Å². The molecule has 0 bridgehead atoms. The van der Waals surface area contributed by atoms with Crippen LogP contribution in [0.4, 0.5) is 0 Å². The molecule has 19 heavy (non-hydrogen) atoms. The first kappa shape index (κ1) is 15.7. The Morgan fingerprint density at radius 2 is 2.11 bits per heavy atom. The lowest BCUT2D eigenvalue weighted by Gasteiger charge is -2.13. The molecule has 0 heterocycles. The van der Waals surface area contributed by atoms with Crippen molar-refractivity contribution < 1.29 is 17.9 Å². The van der Waals surface area contributed by atoms with Crippen molar-refractivity contribution in [1.29, 1.82) is 0 Å². The highest BCUT2D eigenvalue weighted by Gasteiger charge is 2.18. The summed E-state index contributed by atoms with van der Waals surface area (Å²) < 4.78 is 31.4. The average molecular weight is 285 g/mol. The second kappa shape index (κ2) is 6.68. The van der Waals surface area contributed by atoms with Crippen LogP contribution in [0.5, 0.6) is 0 Å². The van der Waals surface area contributed by atoms with Crippen LogP contribution in [0.1, 0.15) is 37.0 Å². The minimum atomic E-state index is -3.60. The Labute approximate surface area is 114 Å². The fourth-order valence-corrected chi connectivity index (χ4v) is 3.06. The van der Waals surface area contributed by atoms with Crippen molar-refractivity contribution >= 4 is 16.0 Å². The predicted octanol–water partition coefficient (Wildman–Crippen LogP) is 1.94. The molecule has 0 aromatic heterocycles. The van der Waals surface area contributed by atoms with Crippen LogP contribution in [-0.4, -0.2) is 27.5 Å². The fourth-order valence-electron chi connectivity index (χ4n) is 1.73. The number of nitrogens with one attached hydrogen (secondary N) is 1. The van der Waals surface area contributed by atoms with Crippen LogP contribution in [0.3, 0.4) is 0 Å². The molecule has 0 aliphatic heterocycles. The topological polar surface area (TPSA) is 72.5 Å². The first-order valence-electron chi connectivity index (χ1n) is 6.11. The van der Waals surface area contributed by atoms with E-state index in [0.29, 0.717) is 0 Å². The summed E-state index contributed by atoms with van der Waals surface area (Å²) in [7, 11) is -2.35. The van der Waals surface area contributed by atoms with Gasteiger partial charge in [-0.25, -0.2) is 17.9 Å². The van der Waals surface area contributed by atoms with Crippen molar-refractivity contribution in [3.8, 4) is 0 Å². The molecule has 6 heteroatoms. The van der Waals surface area contributed by atoms with E-state index in [1.165, 1.54) is 31.4 Å². The molecule has 0 amide bonds. The van der Waals surface area contributed by atoms with Crippen LogP contribution >= 0.6 is 0 Å². The smallest absolute Gasteiger partial charge is 0.337 e. The van der Waals surface area contributed by atoms with Gasteiger partial charge in [0.2, 0.25) is 10.0 Å². The van der Waals surface area contributed by atoms with Crippen LogP contribution in [0.25, 0.3) is 0 Å². The van der Waals surface area contributed by atoms with E-state index in [0.717, 1.165) is 12.8 Å². The number of benzene rings is 1. The summed E-state index contributed by atoms with van der Waals surface area (Å²) in [5.74, 6) is -0.557. The number of methoxy groups -OCH3 is 1. The summed E-state index contributed by atoms with van der Waals surface area (Å²) in [4.78, 5) is 11.4. The van der Waals surface area contributed by atoms with E-state index < -0.39 is 16.0 Å². The van der Waals surface area contributed by atoms with Crippen molar-refractivity contribution in [2.75, 3.05) is 7.11 Å². The van der Waals surface area contributed by atoms with E-state index >= 15 is 0 Å². The summed E-state index contributed by atoms with van der Waals surface area (Å²) in [5, 5.41) is 0. The van der Waals surface area contributed by atoms with Crippen LogP contribution in [0.15, 0.2) is 29.2 Å². The first-order valence-corrected chi connectivity index (χ1v) is 7.59. The Kier molecular flexibility index (Phi) is 5.50. The van der Waals surface area contributed by atoms with Gasteiger partial charge >= 0.3 is 5.97 Å². The highest BCUT2D eigenvalue weighted by Crippen LogP contribution is 2.13.